The van der Waals surface area contributed by atoms with E-state index in [1.54, 1.807) is 7.11 Å². The Labute approximate surface area is 86.5 Å². The number of ether oxygens (including phenoxy) is 1. The van der Waals surface area contributed by atoms with Crippen molar-refractivity contribution in [1.29, 1.82) is 0 Å². The third-order valence-corrected chi connectivity index (χ3v) is 2.41. The molecule has 0 aliphatic carbocycles. The second kappa shape index (κ2) is 4.89. The molecule has 2 rings (SSSR count). The summed E-state index contributed by atoms with van der Waals surface area (Å²) in [5, 5.41) is 0. The van der Waals surface area contributed by atoms with E-state index >= 15 is 0 Å². The monoisotopic (exact) mass is 193 g/mol. The Hall–Kier alpha value is -1.18. The Morgan fingerprint density at radius 3 is 2.64 bits per heavy atom. The van der Waals surface area contributed by atoms with Crippen molar-refractivity contribution in [2.45, 2.75) is 20.3 Å². The molecule has 78 valence electrons. The molecule has 0 unspecified atom stereocenters. The van der Waals surface area contributed by atoms with Crippen molar-refractivity contribution in [1.82, 2.24) is 0 Å². The van der Waals surface area contributed by atoms with E-state index in [0.717, 1.165) is 18.7 Å². The average Bonchev–Trinajstić information content (AvgIpc) is 2.63. The molecule has 1 aromatic carbocycles. The number of anilines is 1. The minimum absolute atomic E-state index is 0.962. The molecule has 0 fully saturated rings. The van der Waals surface area contributed by atoms with Crippen molar-refractivity contribution < 1.29 is 4.74 Å². The van der Waals surface area contributed by atoms with E-state index in [-0.39, 0.29) is 0 Å². The van der Waals surface area contributed by atoms with Crippen LogP contribution in [0.4, 0.5) is 5.69 Å². The Morgan fingerprint density at radius 2 is 2.00 bits per heavy atom. The van der Waals surface area contributed by atoms with E-state index in [1.165, 1.54) is 11.3 Å². The number of hydrogen-bond acceptors (Lipinski definition) is 2. The molecule has 0 radical (unpaired) electrons. The maximum atomic E-state index is 5.16. The average molecular weight is 193 g/mol. The van der Waals surface area contributed by atoms with Gasteiger partial charge in [-0.25, -0.2) is 0 Å². The van der Waals surface area contributed by atoms with Crippen LogP contribution >= 0.6 is 0 Å². The molecule has 0 atom stereocenters. The number of rotatable bonds is 1. The third kappa shape index (κ3) is 2.00. The van der Waals surface area contributed by atoms with E-state index in [2.05, 4.69) is 24.1 Å². The predicted octanol–water partition coefficient (Wildman–Crippen LogP) is 2.71. The quantitative estimate of drug-likeness (QED) is 0.680. The van der Waals surface area contributed by atoms with Gasteiger partial charge in [0, 0.05) is 19.3 Å². The molecule has 0 aromatic heterocycles. The molecule has 0 amide bonds. The third-order valence-electron chi connectivity index (χ3n) is 2.41. The SMILES string of the molecule is CC.COc1ccc2c(c1)CCN2C. The van der Waals surface area contributed by atoms with Crippen LogP contribution in [0.3, 0.4) is 0 Å². The highest BCUT2D eigenvalue weighted by Crippen LogP contribution is 2.29. The van der Waals surface area contributed by atoms with Crippen molar-refractivity contribution in [2.24, 2.45) is 0 Å². The van der Waals surface area contributed by atoms with Crippen LogP contribution in [0.15, 0.2) is 18.2 Å². The lowest BCUT2D eigenvalue weighted by Gasteiger charge is -2.11. The molecule has 0 spiro atoms. The highest BCUT2D eigenvalue weighted by atomic mass is 16.5. The van der Waals surface area contributed by atoms with Crippen molar-refractivity contribution in [3.8, 4) is 5.75 Å². The summed E-state index contributed by atoms with van der Waals surface area (Å²) >= 11 is 0. The summed E-state index contributed by atoms with van der Waals surface area (Å²) in [6.07, 6.45) is 1.14. The van der Waals surface area contributed by atoms with Crippen LogP contribution in [-0.4, -0.2) is 20.7 Å². The first kappa shape index (κ1) is 10.9. The molecular weight excluding hydrogens is 174 g/mol. The number of nitrogens with zero attached hydrogens (tertiary/aromatic N) is 1. The largest absolute Gasteiger partial charge is 0.497 e. The minimum Gasteiger partial charge on any atom is -0.497 e. The molecule has 0 saturated heterocycles. The van der Waals surface area contributed by atoms with Crippen molar-refractivity contribution in [3.63, 3.8) is 0 Å². The zero-order chi connectivity index (χ0) is 10.6. The summed E-state index contributed by atoms with van der Waals surface area (Å²) in [6.45, 7) is 5.13. The molecule has 1 heterocycles. The van der Waals surface area contributed by atoms with Gasteiger partial charge in [-0.15, -0.1) is 0 Å². The van der Waals surface area contributed by atoms with Crippen molar-refractivity contribution in [3.05, 3.63) is 23.8 Å². The van der Waals surface area contributed by atoms with Crippen LogP contribution in [0.25, 0.3) is 0 Å². The molecule has 2 nitrogen and oxygen atoms in total. The fourth-order valence-electron chi connectivity index (χ4n) is 1.67. The van der Waals surface area contributed by atoms with Gasteiger partial charge in [0.1, 0.15) is 5.75 Å². The topological polar surface area (TPSA) is 12.5 Å². The minimum atomic E-state index is 0.962. The Balaban J connectivity index is 0.000000461. The normalized spacial score (nSPS) is 13.0. The molecule has 2 heteroatoms. The van der Waals surface area contributed by atoms with Crippen LogP contribution < -0.4 is 9.64 Å². The summed E-state index contributed by atoms with van der Waals surface area (Å²) < 4.78 is 5.16. The van der Waals surface area contributed by atoms with Gasteiger partial charge in [0.05, 0.1) is 7.11 Å². The molecule has 1 aliphatic heterocycles. The first-order valence-electron chi connectivity index (χ1n) is 5.19. The molecule has 0 bridgehead atoms. The van der Waals surface area contributed by atoms with Gasteiger partial charge < -0.3 is 9.64 Å². The molecule has 0 N–H and O–H groups in total. The zero-order valence-electron chi connectivity index (χ0n) is 9.50. The number of methoxy groups -OCH3 is 1. The predicted molar refractivity (Wildman–Crippen MR) is 61.3 cm³/mol. The van der Waals surface area contributed by atoms with Crippen LogP contribution in [0, 0.1) is 0 Å². The highest BCUT2D eigenvalue weighted by Gasteiger charge is 2.15. The fourth-order valence-corrected chi connectivity index (χ4v) is 1.67. The van der Waals surface area contributed by atoms with Crippen LogP contribution in [0.2, 0.25) is 0 Å². The van der Waals surface area contributed by atoms with Gasteiger partial charge in [0.2, 0.25) is 0 Å². The van der Waals surface area contributed by atoms with Gasteiger partial charge in [-0.05, 0) is 30.2 Å². The molecular formula is C12H19NO. The first-order valence-corrected chi connectivity index (χ1v) is 5.19. The zero-order valence-corrected chi connectivity index (χ0v) is 9.50. The van der Waals surface area contributed by atoms with E-state index in [1.807, 2.05) is 19.9 Å². The van der Waals surface area contributed by atoms with Gasteiger partial charge >= 0.3 is 0 Å². The van der Waals surface area contributed by atoms with Gasteiger partial charge in [-0.1, -0.05) is 13.8 Å². The maximum absolute atomic E-state index is 5.16. The summed E-state index contributed by atoms with van der Waals surface area (Å²) in [5.41, 5.74) is 2.74. The molecule has 1 aromatic rings. The van der Waals surface area contributed by atoms with E-state index < -0.39 is 0 Å². The number of fused-ring (bicyclic) bond motifs is 1. The number of likely N-dealkylation sites (N-methyl/N-ethyl adjacent to an activating group) is 1. The maximum Gasteiger partial charge on any atom is 0.119 e. The lowest BCUT2D eigenvalue weighted by atomic mass is 10.1. The van der Waals surface area contributed by atoms with E-state index in [4.69, 9.17) is 4.74 Å². The number of benzene rings is 1. The van der Waals surface area contributed by atoms with Gasteiger partial charge in [0.25, 0.3) is 0 Å². The van der Waals surface area contributed by atoms with Crippen LogP contribution in [-0.2, 0) is 6.42 Å². The second-order valence-corrected chi connectivity index (χ2v) is 3.17. The first-order chi connectivity index (χ1) is 6.81. The standard InChI is InChI=1S/C10H13NO.C2H6/c1-11-6-5-8-7-9(12-2)3-4-10(8)11;1-2/h3-4,7H,5-6H2,1-2H3;1-2H3. The highest BCUT2D eigenvalue weighted by molar-refractivity contribution is 5.59. The summed E-state index contributed by atoms with van der Waals surface area (Å²) in [7, 11) is 3.83. The molecule has 0 saturated carbocycles. The van der Waals surface area contributed by atoms with Gasteiger partial charge in [0.15, 0.2) is 0 Å². The van der Waals surface area contributed by atoms with Gasteiger partial charge in [-0.2, -0.15) is 0 Å². The summed E-state index contributed by atoms with van der Waals surface area (Å²) in [6, 6.07) is 6.26. The van der Waals surface area contributed by atoms with Crippen LogP contribution in [0.5, 0.6) is 5.75 Å². The fraction of sp³-hybridized carbons (Fsp3) is 0.500. The molecule has 14 heavy (non-hydrogen) atoms. The smallest absolute Gasteiger partial charge is 0.119 e. The van der Waals surface area contributed by atoms with Gasteiger partial charge in [-0.3, -0.25) is 0 Å². The lowest BCUT2D eigenvalue weighted by Crippen LogP contribution is -2.12. The van der Waals surface area contributed by atoms with E-state index in [0.29, 0.717) is 0 Å². The molecule has 1 aliphatic rings. The number of hydrogen-bond donors (Lipinski definition) is 0. The van der Waals surface area contributed by atoms with Crippen molar-refractivity contribution in [2.75, 3.05) is 25.6 Å². The Kier molecular flexibility index (Phi) is 3.81. The van der Waals surface area contributed by atoms with Crippen molar-refractivity contribution >= 4 is 5.69 Å². The van der Waals surface area contributed by atoms with E-state index in [9.17, 15) is 0 Å². The Morgan fingerprint density at radius 1 is 1.29 bits per heavy atom. The lowest BCUT2D eigenvalue weighted by molar-refractivity contribution is 0.414. The summed E-state index contributed by atoms with van der Waals surface area (Å²) in [5.74, 6) is 0.962. The Bertz CT molecular complexity index is 296. The second-order valence-electron chi connectivity index (χ2n) is 3.17. The summed E-state index contributed by atoms with van der Waals surface area (Å²) in [4.78, 5) is 2.27. The van der Waals surface area contributed by atoms with Crippen LogP contribution in [0.1, 0.15) is 19.4 Å².